The van der Waals surface area contributed by atoms with E-state index in [1.165, 1.54) is 18.4 Å². The van der Waals surface area contributed by atoms with Gasteiger partial charge in [0.05, 0.1) is 12.1 Å². The molecule has 2 aromatic rings. The van der Waals surface area contributed by atoms with Crippen LogP contribution in [0.5, 0.6) is 5.75 Å². The molecule has 0 spiro atoms. The Morgan fingerprint density at radius 2 is 1.71 bits per heavy atom. The normalized spacial score (nSPS) is 15.1. The number of hydrogen-bond acceptors (Lipinski definition) is 3. The van der Waals surface area contributed by atoms with Gasteiger partial charge in [-0.25, -0.2) is 0 Å². The van der Waals surface area contributed by atoms with Crippen molar-refractivity contribution in [3.8, 4) is 5.75 Å². The van der Waals surface area contributed by atoms with Gasteiger partial charge in [-0.3, -0.25) is 4.79 Å². The van der Waals surface area contributed by atoms with Gasteiger partial charge in [0.15, 0.2) is 0 Å². The predicted octanol–water partition coefficient (Wildman–Crippen LogP) is 6.27. The third-order valence-corrected chi connectivity index (χ3v) is 6.60. The Labute approximate surface area is 206 Å². The van der Waals surface area contributed by atoms with Gasteiger partial charge >= 0.3 is 0 Å². The molecule has 3 N–H and O–H groups in total. The van der Waals surface area contributed by atoms with Crippen molar-refractivity contribution >= 4 is 12.0 Å². The summed E-state index contributed by atoms with van der Waals surface area (Å²) in [4.78, 5) is 13.5. The SMILES string of the molecule is CCCC[C@H](C)CN[C@@H](Cc1ccc(O)cc1)C(=O)N[C@H](/C=C/c1ccc(C)cc1)C(C)CC. The molecule has 0 fully saturated rings. The lowest BCUT2D eigenvalue weighted by Gasteiger charge is -2.26. The van der Waals surface area contributed by atoms with Crippen molar-refractivity contribution in [3.05, 3.63) is 71.3 Å². The summed E-state index contributed by atoms with van der Waals surface area (Å²) in [5.41, 5.74) is 3.40. The third kappa shape index (κ3) is 9.72. The molecule has 2 aromatic carbocycles. The molecule has 1 amide bonds. The molecule has 0 aliphatic heterocycles. The summed E-state index contributed by atoms with van der Waals surface area (Å²) in [5.74, 6) is 1.10. The maximum atomic E-state index is 13.5. The number of aromatic hydroxyl groups is 1. The smallest absolute Gasteiger partial charge is 0.237 e. The van der Waals surface area contributed by atoms with Gasteiger partial charge in [-0.2, -0.15) is 0 Å². The van der Waals surface area contributed by atoms with E-state index in [-0.39, 0.29) is 23.7 Å². The highest BCUT2D eigenvalue weighted by Gasteiger charge is 2.23. The molecule has 0 radical (unpaired) electrons. The minimum Gasteiger partial charge on any atom is -0.508 e. The van der Waals surface area contributed by atoms with Gasteiger partial charge in [-0.05, 0) is 61.4 Å². The van der Waals surface area contributed by atoms with E-state index in [4.69, 9.17) is 0 Å². The van der Waals surface area contributed by atoms with E-state index < -0.39 is 0 Å². The van der Waals surface area contributed by atoms with Crippen molar-refractivity contribution in [2.75, 3.05) is 6.54 Å². The van der Waals surface area contributed by atoms with Crippen molar-refractivity contribution in [2.45, 2.75) is 78.8 Å². The Kier molecular flexibility index (Phi) is 11.9. The molecule has 0 aliphatic carbocycles. The van der Waals surface area contributed by atoms with Crippen LogP contribution in [-0.4, -0.2) is 29.6 Å². The van der Waals surface area contributed by atoms with Crippen molar-refractivity contribution in [1.29, 1.82) is 0 Å². The Balaban J connectivity index is 2.14. The van der Waals surface area contributed by atoms with Crippen LogP contribution in [0.4, 0.5) is 0 Å². The summed E-state index contributed by atoms with van der Waals surface area (Å²) in [5, 5.41) is 16.5. The van der Waals surface area contributed by atoms with Crippen molar-refractivity contribution in [1.82, 2.24) is 10.6 Å². The second-order valence-corrected chi connectivity index (χ2v) is 9.77. The molecule has 4 nitrogen and oxygen atoms in total. The lowest BCUT2D eigenvalue weighted by atomic mass is 9.96. The molecule has 186 valence electrons. The van der Waals surface area contributed by atoms with Crippen LogP contribution < -0.4 is 10.6 Å². The Morgan fingerprint density at radius 1 is 1.03 bits per heavy atom. The van der Waals surface area contributed by atoms with Crippen LogP contribution in [0, 0.1) is 18.8 Å². The van der Waals surface area contributed by atoms with Crippen LogP contribution in [0.3, 0.4) is 0 Å². The molecule has 1 unspecified atom stereocenters. The van der Waals surface area contributed by atoms with E-state index in [1.807, 2.05) is 12.1 Å². The van der Waals surface area contributed by atoms with E-state index in [0.717, 1.165) is 30.5 Å². The second kappa shape index (κ2) is 14.6. The minimum absolute atomic E-state index is 0.0228. The van der Waals surface area contributed by atoms with Crippen LogP contribution >= 0.6 is 0 Å². The molecule has 0 heterocycles. The Bertz CT molecular complexity index is 874. The van der Waals surface area contributed by atoms with Crippen molar-refractivity contribution in [3.63, 3.8) is 0 Å². The number of unbranched alkanes of at least 4 members (excludes halogenated alkanes) is 1. The minimum atomic E-state index is -0.326. The van der Waals surface area contributed by atoms with Crippen LogP contribution in [0.2, 0.25) is 0 Å². The first-order chi connectivity index (χ1) is 16.3. The first-order valence-electron chi connectivity index (χ1n) is 12.9. The van der Waals surface area contributed by atoms with Gasteiger partial charge in [0.25, 0.3) is 0 Å². The molecule has 0 aromatic heterocycles. The van der Waals surface area contributed by atoms with E-state index in [2.05, 4.69) is 81.7 Å². The van der Waals surface area contributed by atoms with E-state index in [9.17, 15) is 9.90 Å². The van der Waals surface area contributed by atoms with Gasteiger partial charge in [-0.1, -0.05) is 101 Å². The maximum Gasteiger partial charge on any atom is 0.237 e. The lowest BCUT2D eigenvalue weighted by Crippen LogP contribution is -2.50. The molecule has 4 heteroatoms. The van der Waals surface area contributed by atoms with Gasteiger partial charge in [-0.15, -0.1) is 0 Å². The van der Waals surface area contributed by atoms with Gasteiger partial charge in [0.1, 0.15) is 5.75 Å². The molecule has 0 saturated heterocycles. The summed E-state index contributed by atoms with van der Waals surface area (Å²) in [6.45, 7) is 11.7. The van der Waals surface area contributed by atoms with E-state index in [1.54, 1.807) is 12.1 Å². The highest BCUT2D eigenvalue weighted by atomic mass is 16.3. The average Bonchev–Trinajstić information content (AvgIpc) is 2.84. The zero-order valence-electron chi connectivity index (χ0n) is 21.7. The molecule has 4 atom stereocenters. The third-order valence-electron chi connectivity index (χ3n) is 6.60. The van der Waals surface area contributed by atoms with Crippen LogP contribution in [0.15, 0.2) is 54.6 Å². The fraction of sp³-hybridized carbons (Fsp3) is 0.500. The number of hydrogen-bond donors (Lipinski definition) is 3. The number of nitrogens with one attached hydrogen (secondary N) is 2. The van der Waals surface area contributed by atoms with Gasteiger partial charge in [0.2, 0.25) is 5.91 Å². The van der Waals surface area contributed by atoms with Crippen LogP contribution in [0.25, 0.3) is 6.08 Å². The first kappa shape index (κ1) is 27.7. The topological polar surface area (TPSA) is 61.4 Å². The number of rotatable bonds is 14. The second-order valence-electron chi connectivity index (χ2n) is 9.77. The molecule has 0 saturated carbocycles. The number of amides is 1. The number of phenols is 1. The predicted molar refractivity (Wildman–Crippen MR) is 144 cm³/mol. The number of benzene rings is 2. The summed E-state index contributed by atoms with van der Waals surface area (Å²) in [6.07, 6.45) is 9.34. The standard InChI is InChI=1S/C30H44N2O2/c1-6-8-9-23(4)21-31-29(20-26-14-17-27(33)18-15-26)30(34)32-28(24(5)7-2)19-16-25-12-10-22(3)11-13-25/h10-19,23-24,28-29,31,33H,6-9,20-21H2,1-5H3,(H,32,34)/b19-16+/t23-,24?,28+,29-/m0/s1. The zero-order valence-corrected chi connectivity index (χ0v) is 21.7. The van der Waals surface area contributed by atoms with Crippen molar-refractivity contribution < 1.29 is 9.90 Å². The number of carbonyl (C=O) groups is 1. The Morgan fingerprint density at radius 3 is 2.32 bits per heavy atom. The summed E-state index contributed by atoms with van der Waals surface area (Å²) in [7, 11) is 0. The molecule has 34 heavy (non-hydrogen) atoms. The highest BCUT2D eigenvalue weighted by Crippen LogP contribution is 2.15. The fourth-order valence-electron chi connectivity index (χ4n) is 3.91. The van der Waals surface area contributed by atoms with E-state index >= 15 is 0 Å². The molecular weight excluding hydrogens is 420 g/mol. The summed E-state index contributed by atoms with van der Waals surface area (Å²) < 4.78 is 0. The summed E-state index contributed by atoms with van der Waals surface area (Å²) >= 11 is 0. The van der Waals surface area contributed by atoms with Gasteiger partial charge < -0.3 is 15.7 Å². The van der Waals surface area contributed by atoms with Crippen LogP contribution in [0.1, 0.15) is 70.1 Å². The number of carbonyl (C=O) groups excluding carboxylic acids is 1. The first-order valence-corrected chi connectivity index (χ1v) is 12.9. The summed E-state index contributed by atoms with van der Waals surface area (Å²) in [6, 6.07) is 15.2. The highest BCUT2D eigenvalue weighted by molar-refractivity contribution is 5.82. The van der Waals surface area contributed by atoms with Gasteiger partial charge in [0, 0.05) is 0 Å². The zero-order chi connectivity index (χ0) is 24.9. The number of aryl methyl sites for hydroxylation is 1. The molecule has 0 bridgehead atoms. The average molecular weight is 465 g/mol. The Hall–Kier alpha value is -2.59. The number of phenolic OH excluding ortho intramolecular Hbond substituents is 1. The quantitative estimate of drug-likeness (QED) is 0.309. The largest absolute Gasteiger partial charge is 0.508 e. The fourth-order valence-corrected chi connectivity index (χ4v) is 3.91. The van der Waals surface area contributed by atoms with Crippen molar-refractivity contribution in [2.24, 2.45) is 11.8 Å². The molecule has 0 aliphatic rings. The monoisotopic (exact) mass is 464 g/mol. The van der Waals surface area contributed by atoms with Crippen LogP contribution in [-0.2, 0) is 11.2 Å². The molecule has 2 rings (SSSR count). The van der Waals surface area contributed by atoms with E-state index in [0.29, 0.717) is 18.3 Å². The maximum absolute atomic E-state index is 13.5. The molecular formula is C30H44N2O2. The lowest BCUT2D eigenvalue weighted by molar-refractivity contribution is -0.123.